The maximum atomic E-state index is 12.6. The number of hydrogen-bond donors (Lipinski definition) is 0. The number of likely N-dealkylation sites (tertiary alicyclic amines) is 1. The van der Waals surface area contributed by atoms with Gasteiger partial charge >= 0.3 is 12.1 Å². The van der Waals surface area contributed by atoms with E-state index >= 15 is 0 Å². The normalized spacial score (nSPS) is 18.5. The van der Waals surface area contributed by atoms with Crippen LogP contribution in [0.5, 0.6) is 0 Å². The lowest BCUT2D eigenvalue weighted by Gasteiger charge is -2.32. The summed E-state index contributed by atoms with van der Waals surface area (Å²) in [4.78, 5) is 15.8. The average molecular weight is 409 g/mol. The molecule has 6 nitrogen and oxygen atoms in total. The van der Waals surface area contributed by atoms with Crippen molar-refractivity contribution in [3.63, 3.8) is 0 Å². The molecule has 0 radical (unpaired) electrons. The van der Waals surface area contributed by atoms with Gasteiger partial charge in [-0.25, -0.2) is 4.98 Å². The summed E-state index contributed by atoms with van der Waals surface area (Å²) < 4.78 is 42.1. The predicted octanol–water partition coefficient (Wildman–Crippen LogP) is 4.29. The number of nitrogens with zero attached hydrogens (tertiary/aromatic N) is 5. The van der Waals surface area contributed by atoms with E-state index in [0.29, 0.717) is 5.56 Å². The zero-order chi connectivity index (χ0) is 19.7. The van der Waals surface area contributed by atoms with Crippen molar-refractivity contribution in [3.05, 3.63) is 46.0 Å². The second-order valence-electron chi connectivity index (χ2n) is 6.83. The van der Waals surface area contributed by atoms with Crippen LogP contribution in [0, 0.1) is 6.92 Å². The topological polar surface area (TPSA) is 67.9 Å². The van der Waals surface area contributed by atoms with Crippen LogP contribution in [0.3, 0.4) is 0 Å². The molecular weight excluding hydrogens is 391 g/mol. The van der Waals surface area contributed by atoms with Gasteiger partial charge in [-0.3, -0.25) is 9.88 Å². The third-order valence-corrected chi connectivity index (χ3v) is 5.77. The van der Waals surface area contributed by atoms with Gasteiger partial charge in [-0.2, -0.15) is 18.2 Å². The van der Waals surface area contributed by atoms with Crippen LogP contribution in [-0.2, 0) is 12.7 Å². The number of hydrogen-bond acceptors (Lipinski definition) is 7. The van der Waals surface area contributed by atoms with Gasteiger partial charge in [-0.1, -0.05) is 5.16 Å². The highest BCUT2D eigenvalue weighted by Gasteiger charge is 2.38. The standard InChI is InChI=1S/C18H18F3N5OS/c1-11-15(28-10-23-11)9-26-6-2-3-13(8-26)14-5-4-12(7-22-14)16-24-17(27-25-16)18(19,20)21/h4-5,7,10,13H,2-3,6,8-9H2,1H3/t13-/m1/s1. The number of piperidine rings is 1. The first-order valence-corrected chi connectivity index (χ1v) is 9.76. The first-order valence-electron chi connectivity index (χ1n) is 8.88. The molecule has 1 aliphatic rings. The van der Waals surface area contributed by atoms with Crippen LogP contribution in [0.2, 0.25) is 0 Å². The molecule has 0 spiro atoms. The molecule has 4 rings (SSSR count). The van der Waals surface area contributed by atoms with Gasteiger partial charge in [0.2, 0.25) is 5.82 Å². The quantitative estimate of drug-likeness (QED) is 0.640. The molecule has 0 bridgehead atoms. The summed E-state index contributed by atoms with van der Waals surface area (Å²) in [6.45, 7) is 4.84. The van der Waals surface area contributed by atoms with Crippen LogP contribution in [0.4, 0.5) is 13.2 Å². The van der Waals surface area contributed by atoms with Crippen LogP contribution >= 0.6 is 11.3 Å². The summed E-state index contributed by atoms with van der Waals surface area (Å²) >= 11 is 1.67. The molecule has 0 amide bonds. The van der Waals surface area contributed by atoms with Crippen LogP contribution in [0.15, 0.2) is 28.4 Å². The van der Waals surface area contributed by atoms with Gasteiger partial charge in [0, 0.05) is 41.3 Å². The number of aryl methyl sites for hydroxylation is 1. The Morgan fingerprint density at radius 1 is 1.29 bits per heavy atom. The number of thiazole rings is 1. The fourth-order valence-corrected chi connectivity index (χ4v) is 4.18. The fourth-order valence-electron chi connectivity index (χ4n) is 3.36. The van der Waals surface area contributed by atoms with Crippen molar-refractivity contribution >= 4 is 11.3 Å². The first kappa shape index (κ1) is 19.0. The number of alkyl halides is 3. The van der Waals surface area contributed by atoms with E-state index in [-0.39, 0.29) is 11.7 Å². The molecule has 1 fully saturated rings. The zero-order valence-corrected chi connectivity index (χ0v) is 15.9. The summed E-state index contributed by atoms with van der Waals surface area (Å²) in [5.41, 5.74) is 4.27. The van der Waals surface area contributed by atoms with E-state index in [0.717, 1.165) is 43.9 Å². The molecule has 0 unspecified atom stereocenters. The summed E-state index contributed by atoms with van der Waals surface area (Å²) in [5.74, 6) is -1.18. The van der Waals surface area contributed by atoms with E-state index in [4.69, 9.17) is 0 Å². The molecule has 3 aromatic rings. The molecule has 10 heteroatoms. The molecule has 148 valence electrons. The van der Waals surface area contributed by atoms with Crippen molar-refractivity contribution in [2.45, 2.75) is 38.4 Å². The molecule has 0 aromatic carbocycles. The third-order valence-electron chi connectivity index (χ3n) is 4.85. The van der Waals surface area contributed by atoms with Crippen molar-refractivity contribution in [1.82, 2.24) is 25.0 Å². The summed E-state index contributed by atoms with van der Waals surface area (Å²) in [5, 5.41) is 3.40. The second kappa shape index (κ2) is 7.59. The lowest BCUT2D eigenvalue weighted by Crippen LogP contribution is -2.34. The van der Waals surface area contributed by atoms with Crippen LogP contribution in [0.1, 0.15) is 40.9 Å². The molecule has 0 aliphatic carbocycles. The lowest BCUT2D eigenvalue weighted by molar-refractivity contribution is -0.159. The highest BCUT2D eigenvalue weighted by atomic mass is 32.1. The number of halogens is 3. The second-order valence-corrected chi connectivity index (χ2v) is 7.77. The van der Waals surface area contributed by atoms with E-state index in [9.17, 15) is 13.2 Å². The third kappa shape index (κ3) is 4.07. The highest BCUT2D eigenvalue weighted by Crippen LogP contribution is 2.31. The highest BCUT2D eigenvalue weighted by molar-refractivity contribution is 7.09. The molecule has 1 aliphatic heterocycles. The lowest BCUT2D eigenvalue weighted by atomic mass is 9.94. The fraction of sp³-hybridized carbons (Fsp3) is 0.444. The minimum absolute atomic E-state index is 0.114. The van der Waals surface area contributed by atoms with Crippen molar-refractivity contribution in [2.24, 2.45) is 0 Å². The Morgan fingerprint density at radius 2 is 2.14 bits per heavy atom. The van der Waals surface area contributed by atoms with E-state index < -0.39 is 12.1 Å². The summed E-state index contributed by atoms with van der Waals surface area (Å²) in [7, 11) is 0. The van der Waals surface area contributed by atoms with Crippen molar-refractivity contribution in [1.29, 1.82) is 0 Å². The molecule has 0 N–H and O–H groups in total. The molecule has 3 aromatic heterocycles. The summed E-state index contributed by atoms with van der Waals surface area (Å²) in [6.07, 6.45) is -1.04. The monoisotopic (exact) mass is 409 g/mol. The maximum absolute atomic E-state index is 12.6. The average Bonchev–Trinajstić information content (AvgIpc) is 3.32. The van der Waals surface area contributed by atoms with Crippen LogP contribution < -0.4 is 0 Å². The van der Waals surface area contributed by atoms with Gasteiger partial charge in [0.1, 0.15) is 0 Å². The summed E-state index contributed by atoms with van der Waals surface area (Å²) in [6, 6.07) is 3.53. The van der Waals surface area contributed by atoms with Crippen LogP contribution in [-0.4, -0.2) is 38.1 Å². The van der Waals surface area contributed by atoms with Crippen LogP contribution in [0.25, 0.3) is 11.4 Å². The van der Waals surface area contributed by atoms with E-state index in [1.807, 2.05) is 18.5 Å². The Labute approximate surface area is 163 Å². The van der Waals surface area contributed by atoms with Gasteiger partial charge in [-0.15, -0.1) is 11.3 Å². The molecule has 28 heavy (non-hydrogen) atoms. The van der Waals surface area contributed by atoms with E-state index in [1.165, 1.54) is 11.1 Å². The van der Waals surface area contributed by atoms with Gasteiger partial charge in [0.25, 0.3) is 0 Å². The Morgan fingerprint density at radius 3 is 2.79 bits per heavy atom. The minimum Gasteiger partial charge on any atom is -0.329 e. The number of aromatic nitrogens is 4. The zero-order valence-electron chi connectivity index (χ0n) is 15.1. The molecule has 1 saturated heterocycles. The van der Waals surface area contributed by atoms with Crippen molar-refractivity contribution < 1.29 is 17.7 Å². The van der Waals surface area contributed by atoms with E-state index in [1.54, 1.807) is 17.4 Å². The van der Waals surface area contributed by atoms with Gasteiger partial charge in [0.15, 0.2) is 0 Å². The molecule has 0 saturated carbocycles. The van der Waals surface area contributed by atoms with E-state index in [2.05, 4.69) is 29.5 Å². The Bertz CT molecular complexity index is 937. The maximum Gasteiger partial charge on any atom is 0.471 e. The van der Waals surface area contributed by atoms with Crippen molar-refractivity contribution in [2.75, 3.05) is 13.1 Å². The Balaban J connectivity index is 1.44. The Kier molecular flexibility index (Phi) is 5.15. The number of rotatable bonds is 4. The van der Waals surface area contributed by atoms with Gasteiger partial charge in [0.05, 0.1) is 11.2 Å². The first-order chi connectivity index (χ1) is 13.4. The molecule has 1 atom stereocenters. The Hall–Kier alpha value is -2.33. The van der Waals surface area contributed by atoms with Gasteiger partial charge in [-0.05, 0) is 38.4 Å². The molecule has 4 heterocycles. The minimum atomic E-state index is -4.65. The molecular formula is C18H18F3N5OS. The van der Waals surface area contributed by atoms with Crippen molar-refractivity contribution in [3.8, 4) is 11.4 Å². The van der Waals surface area contributed by atoms with Gasteiger partial charge < -0.3 is 4.52 Å². The largest absolute Gasteiger partial charge is 0.471 e. The smallest absolute Gasteiger partial charge is 0.329 e. The number of pyridine rings is 1. The predicted molar refractivity (Wildman–Crippen MR) is 96.6 cm³/mol. The SMILES string of the molecule is Cc1ncsc1CN1CCC[C@@H](c2ccc(-c3noc(C(F)(F)F)n3)cn2)C1.